The van der Waals surface area contributed by atoms with Crippen molar-refractivity contribution in [1.29, 1.82) is 5.26 Å². The van der Waals surface area contributed by atoms with E-state index < -0.39 is 11.9 Å². The summed E-state index contributed by atoms with van der Waals surface area (Å²) in [5.41, 5.74) is 6.84. The number of nitrogens with two attached hydrogens (primary N) is 1. The molecule has 0 fully saturated rings. The van der Waals surface area contributed by atoms with Gasteiger partial charge in [0.15, 0.2) is 6.61 Å². The van der Waals surface area contributed by atoms with Crippen LogP contribution in [0.4, 0.5) is 10.5 Å². The van der Waals surface area contributed by atoms with Gasteiger partial charge in [-0.05, 0) is 58.8 Å². The number of hydrogen-bond donors (Lipinski definition) is 3. The van der Waals surface area contributed by atoms with Crippen LogP contribution in [0, 0.1) is 18.3 Å². The van der Waals surface area contributed by atoms with E-state index in [4.69, 9.17) is 15.7 Å². The fourth-order valence-electron chi connectivity index (χ4n) is 2.20. The van der Waals surface area contributed by atoms with E-state index in [2.05, 4.69) is 21.2 Å². The van der Waals surface area contributed by atoms with Crippen molar-refractivity contribution in [2.75, 3.05) is 11.9 Å². The molecule has 0 aliphatic carbocycles. The van der Waals surface area contributed by atoms with Gasteiger partial charge in [0.25, 0.3) is 11.8 Å². The fourth-order valence-corrected chi connectivity index (χ4v) is 2.71. The Kier molecular flexibility index (Phi) is 7.51. The maximum atomic E-state index is 12.0. The van der Waals surface area contributed by atoms with E-state index in [0.717, 1.165) is 5.56 Å². The molecule has 0 spiro atoms. The summed E-state index contributed by atoms with van der Waals surface area (Å²) in [4.78, 5) is 34.5. The van der Waals surface area contributed by atoms with Crippen molar-refractivity contribution >= 4 is 45.5 Å². The Morgan fingerprint density at radius 3 is 2.48 bits per heavy atom. The van der Waals surface area contributed by atoms with Crippen LogP contribution in [0.2, 0.25) is 0 Å². The van der Waals surface area contributed by atoms with E-state index in [0.29, 0.717) is 21.5 Å². The summed E-state index contributed by atoms with van der Waals surface area (Å²) in [6.07, 6.45) is 1.29. The molecule has 0 radical (unpaired) electrons. The number of halogens is 1. The van der Waals surface area contributed by atoms with Gasteiger partial charge in [0.1, 0.15) is 17.4 Å². The number of carbonyl (C=O) groups excluding carboxylic acids is 3. The normalized spacial score (nSPS) is 10.6. The largest absolute Gasteiger partial charge is 0.483 e. The lowest BCUT2D eigenvalue weighted by Gasteiger charge is -2.10. The summed E-state index contributed by atoms with van der Waals surface area (Å²) in [5, 5.41) is 13.6. The molecule has 0 heterocycles. The molecule has 0 saturated carbocycles. The highest BCUT2D eigenvalue weighted by Crippen LogP contribution is 2.27. The van der Waals surface area contributed by atoms with Crippen LogP contribution in [-0.4, -0.2) is 24.5 Å². The van der Waals surface area contributed by atoms with Gasteiger partial charge in [-0.3, -0.25) is 14.9 Å². The van der Waals surface area contributed by atoms with Crippen LogP contribution in [0.3, 0.4) is 0 Å². The van der Waals surface area contributed by atoms with Crippen molar-refractivity contribution in [2.45, 2.75) is 6.92 Å². The molecule has 2 aromatic carbocycles. The first-order chi connectivity index (χ1) is 13.8. The van der Waals surface area contributed by atoms with Gasteiger partial charge in [-0.25, -0.2) is 4.79 Å². The number of nitriles is 1. The van der Waals surface area contributed by atoms with Crippen LogP contribution in [0.25, 0.3) is 6.08 Å². The van der Waals surface area contributed by atoms with Crippen molar-refractivity contribution in [1.82, 2.24) is 5.32 Å². The molecule has 0 aliphatic rings. The Morgan fingerprint density at radius 2 is 1.90 bits per heavy atom. The third-order valence-corrected chi connectivity index (χ3v) is 4.18. The molecule has 0 aliphatic heterocycles. The minimum atomic E-state index is -1.05. The van der Waals surface area contributed by atoms with Gasteiger partial charge in [-0.15, -0.1) is 0 Å². The van der Waals surface area contributed by atoms with Crippen LogP contribution < -0.4 is 21.1 Å². The standard InChI is InChI=1S/C20H17BrN4O4/c1-12-2-5-15(6-3-12)24-18(26)11-29-17-7-4-13(9-16(17)21)8-14(10-22)19(27)25-20(23)28/h2-9H,11H2,1H3,(H,24,26)(H3,23,25,27,28)/b14-8-. The van der Waals surface area contributed by atoms with Gasteiger partial charge in [0.2, 0.25) is 0 Å². The summed E-state index contributed by atoms with van der Waals surface area (Å²) in [7, 11) is 0. The Bertz CT molecular complexity index is 1010. The number of rotatable bonds is 6. The number of ether oxygens (including phenoxy) is 1. The zero-order chi connectivity index (χ0) is 21.4. The Morgan fingerprint density at radius 1 is 1.21 bits per heavy atom. The number of benzene rings is 2. The van der Waals surface area contributed by atoms with Gasteiger partial charge in [0.05, 0.1) is 4.47 Å². The van der Waals surface area contributed by atoms with E-state index >= 15 is 0 Å². The number of aryl methyl sites for hydroxylation is 1. The first-order valence-corrected chi connectivity index (χ1v) is 9.09. The van der Waals surface area contributed by atoms with Gasteiger partial charge in [0, 0.05) is 5.69 Å². The predicted octanol–water partition coefficient (Wildman–Crippen LogP) is 2.88. The van der Waals surface area contributed by atoms with E-state index in [1.54, 1.807) is 36.4 Å². The van der Waals surface area contributed by atoms with E-state index in [1.165, 1.54) is 6.08 Å². The Balaban J connectivity index is 2.01. The molecule has 0 bridgehead atoms. The van der Waals surface area contributed by atoms with Crippen molar-refractivity contribution in [3.05, 3.63) is 63.6 Å². The average Bonchev–Trinajstić information content (AvgIpc) is 2.66. The number of nitrogens with one attached hydrogen (secondary N) is 2. The number of primary amides is 1. The van der Waals surface area contributed by atoms with Crippen molar-refractivity contribution in [3.8, 4) is 11.8 Å². The first-order valence-electron chi connectivity index (χ1n) is 8.30. The lowest BCUT2D eigenvalue weighted by molar-refractivity contribution is -0.118. The summed E-state index contributed by atoms with van der Waals surface area (Å²) in [6, 6.07) is 12.8. The molecule has 148 valence electrons. The fraction of sp³-hybridized carbons (Fsp3) is 0.100. The lowest BCUT2D eigenvalue weighted by Crippen LogP contribution is -2.35. The van der Waals surface area contributed by atoms with Gasteiger partial charge in [-0.1, -0.05) is 23.8 Å². The second kappa shape index (κ2) is 10.1. The van der Waals surface area contributed by atoms with E-state index in [9.17, 15) is 14.4 Å². The van der Waals surface area contributed by atoms with Gasteiger partial charge < -0.3 is 15.8 Å². The Hall–Kier alpha value is -3.64. The van der Waals surface area contributed by atoms with Crippen LogP contribution >= 0.6 is 15.9 Å². The summed E-state index contributed by atoms with van der Waals surface area (Å²) in [5.74, 6) is -0.815. The first kappa shape index (κ1) is 21.7. The molecule has 0 unspecified atom stereocenters. The number of carbonyl (C=O) groups is 3. The van der Waals surface area contributed by atoms with Crippen LogP contribution in [0.1, 0.15) is 11.1 Å². The number of imide groups is 1. The number of urea groups is 1. The molecule has 2 aromatic rings. The van der Waals surface area contributed by atoms with Gasteiger partial charge >= 0.3 is 6.03 Å². The summed E-state index contributed by atoms with van der Waals surface area (Å²) >= 11 is 3.32. The second-order valence-electron chi connectivity index (χ2n) is 5.88. The third kappa shape index (κ3) is 6.79. The molecular weight excluding hydrogens is 440 g/mol. The average molecular weight is 457 g/mol. The summed E-state index contributed by atoms with van der Waals surface area (Å²) < 4.78 is 6.01. The third-order valence-electron chi connectivity index (χ3n) is 3.56. The molecule has 4 amide bonds. The highest BCUT2D eigenvalue weighted by atomic mass is 79.9. The highest BCUT2D eigenvalue weighted by molar-refractivity contribution is 9.10. The van der Waals surface area contributed by atoms with E-state index in [-0.39, 0.29) is 18.1 Å². The Labute approximate surface area is 175 Å². The maximum Gasteiger partial charge on any atom is 0.319 e. The minimum absolute atomic E-state index is 0.202. The lowest BCUT2D eigenvalue weighted by atomic mass is 10.1. The smallest absolute Gasteiger partial charge is 0.319 e. The minimum Gasteiger partial charge on any atom is -0.483 e. The maximum absolute atomic E-state index is 12.0. The molecule has 2 rings (SSSR count). The molecule has 0 saturated heterocycles. The topological polar surface area (TPSA) is 134 Å². The monoisotopic (exact) mass is 456 g/mol. The molecule has 8 nitrogen and oxygen atoms in total. The SMILES string of the molecule is Cc1ccc(NC(=O)COc2ccc(/C=C(/C#N)C(=O)NC(N)=O)cc2Br)cc1. The molecule has 4 N–H and O–H groups in total. The van der Waals surface area contributed by atoms with Crippen molar-refractivity contribution in [3.63, 3.8) is 0 Å². The predicted molar refractivity (Wildman–Crippen MR) is 111 cm³/mol. The number of amides is 4. The zero-order valence-electron chi connectivity index (χ0n) is 15.4. The van der Waals surface area contributed by atoms with E-state index in [1.807, 2.05) is 24.4 Å². The molecule has 0 atom stereocenters. The quantitative estimate of drug-likeness (QED) is 0.453. The summed E-state index contributed by atoms with van der Waals surface area (Å²) in [6.45, 7) is 1.75. The van der Waals surface area contributed by atoms with Gasteiger partial charge in [-0.2, -0.15) is 5.26 Å². The highest BCUT2D eigenvalue weighted by Gasteiger charge is 2.12. The zero-order valence-corrected chi connectivity index (χ0v) is 16.9. The molecule has 9 heteroatoms. The van der Waals surface area contributed by atoms with Crippen LogP contribution in [0.15, 0.2) is 52.5 Å². The number of anilines is 1. The van der Waals surface area contributed by atoms with Crippen LogP contribution in [-0.2, 0) is 9.59 Å². The second-order valence-corrected chi connectivity index (χ2v) is 6.74. The van der Waals surface area contributed by atoms with Crippen LogP contribution in [0.5, 0.6) is 5.75 Å². The number of hydrogen-bond acceptors (Lipinski definition) is 5. The molecule has 29 heavy (non-hydrogen) atoms. The molecular formula is C20H17BrN4O4. The van der Waals surface area contributed by atoms with Crippen molar-refractivity contribution in [2.24, 2.45) is 5.73 Å². The van der Waals surface area contributed by atoms with Crippen molar-refractivity contribution < 1.29 is 19.1 Å². The number of nitrogens with zero attached hydrogens (tertiary/aromatic N) is 1. The molecule has 0 aromatic heterocycles.